The summed E-state index contributed by atoms with van der Waals surface area (Å²) in [6.45, 7) is 5.74. The summed E-state index contributed by atoms with van der Waals surface area (Å²) in [5, 5.41) is 7.19. The van der Waals surface area contributed by atoms with E-state index in [9.17, 15) is 4.79 Å². The van der Waals surface area contributed by atoms with E-state index in [1.807, 2.05) is 13.8 Å². The molecule has 2 aliphatic heterocycles. The minimum atomic E-state index is 0.108. The van der Waals surface area contributed by atoms with Gasteiger partial charge in [-0.2, -0.15) is 0 Å². The van der Waals surface area contributed by atoms with Gasteiger partial charge in [0.2, 0.25) is 5.91 Å². The summed E-state index contributed by atoms with van der Waals surface area (Å²) in [6.07, 6.45) is 5.08. The summed E-state index contributed by atoms with van der Waals surface area (Å²) >= 11 is 0. The van der Waals surface area contributed by atoms with Crippen LogP contribution in [0.4, 0.5) is 0 Å². The number of fused-ring (bicyclic) bond motifs is 1. The van der Waals surface area contributed by atoms with Gasteiger partial charge in [-0.05, 0) is 58.1 Å². The minimum Gasteiger partial charge on any atom is -0.361 e. The summed E-state index contributed by atoms with van der Waals surface area (Å²) in [4.78, 5) is 15.5. The number of aromatic nitrogens is 1. The first-order valence-corrected chi connectivity index (χ1v) is 10.2. The average molecular weight is 367 g/mol. The molecule has 0 aliphatic carbocycles. The van der Waals surface area contributed by atoms with E-state index >= 15 is 0 Å². The van der Waals surface area contributed by atoms with Gasteiger partial charge in [-0.1, -0.05) is 35.5 Å². The van der Waals surface area contributed by atoms with Gasteiger partial charge in [0.05, 0.1) is 11.6 Å². The summed E-state index contributed by atoms with van der Waals surface area (Å²) in [6, 6.07) is 11.4. The molecule has 2 saturated heterocycles. The first-order chi connectivity index (χ1) is 13.1. The van der Waals surface area contributed by atoms with Gasteiger partial charge in [-0.15, -0.1) is 0 Å². The third-order valence-corrected chi connectivity index (χ3v) is 6.29. The van der Waals surface area contributed by atoms with Crippen LogP contribution in [0.5, 0.6) is 0 Å². The normalized spacial score (nSPS) is 24.9. The van der Waals surface area contributed by atoms with Crippen LogP contribution in [0, 0.1) is 19.8 Å². The molecule has 3 atom stereocenters. The van der Waals surface area contributed by atoms with E-state index in [0.717, 1.165) is 43.7 Å². The van der Waals surface area contributed by atoms with Gasteiger partial charge in [-0.3, -0.25) is 9.69 Å². The lowest BCUT2D eigenvalue weighted by Crippen LogP contribution is -2.37. The van der Waals surface area contributed by atoms with Gasteiger partial charge in [0, 0.05) is 24.2 Å². The molecule has 2 aliphatic rings. The van der Waals surface area contributed by atoms with Gasteiger partial charge in [0.25, 0.3) is 0 Å². The van der Waals surface area contributed by atoms with Crippen molar-refractivity contribution in [2.75, 3.05) is 13.1 Å². The van der Waals surface area contributed by atoms with Gasteiger partial charge < -0.3 is 9.84 Å². The van der Waals surface area contributed by atoms with Gasteiger partial charge in [0.1, 0.15) is 5.76 Å². The molecule has 3 heterocycles. The molecule has 2 fully saturated rings. The summed E-state index contributed by atoms with van der Waals surface area (Å²) in [5.74, 6) is 1.22. The minimum absolute atomic E-state index is 0.108. The van der Waals surface area contributed by atoms with Crippen LogP contribution in [-0.2, 0) is 11.2 Å². The van der Waals surface area contributed by atoms with E-state index in [1.165, 1.54) is 17.5 Å². The van der Waals surface area contributed by atoms with Crippen LogP contribution in [0.3, 0.4) is 0 Å². The number of hydrogen-bond donors (Lipinski definition) is 1. The van der Waals surface area contributed by atoms with E-state index in [2.05, 4.69) is 45.7 Å². The van der Waals surface area contributed by atoms with Crippen molar-refractivity contribution >= 4 is 5.91 Å². The largest absolute Gasteiger partial charge is 0.361 e. The molecule has 0 unspecified atom stereocenters. The zero-order chi connectivity index (χ0) is 18.8. The second kappa shape index (κ2) is 7.85. The Labute approximate surface area is 161 Å². The van der Waals surface area contributed by atoms with Crippen LogP contribution in [0.1, 0.15) is 54.3 Å². The van der Waals surface area contributed by atoms with Crippen molar-refractivity contribution in [1.29, 1.82) is 0 Å². The Morgan fingerprint density at radius 2 is 2.11 bits per heavy atom. The zero-order valence-electron chi connectivity index (χ0n) is 16.3. The second-order valence-corrected chi connectivity index (χ2v) is 7.91. The van der Waals surface area contributed by atoms with Crippen LogP contribution >= 0.6 is 0 Å². The number of nitrogens with one attached hydrogen (secondary N) is 1. The summed E-state index contributed by atoms with van der Waals surface area (Å²) in [5.41, 5.74) is 3.48. The fourth-order valence-electron chi connectivity index (χ4n) is 4.92. The number of benzene rings is 1. The maximum absolute atomic E-state index is 12.9. The fourth-order valence-corrected chi connectivity index (χ4v) is 4.92. The lowest BCUT2D eigenvalue weighted by Gasteiger charge is -2.24. The van der Waals surface area contributed by atoms with E-state index in [1.54, 1.807) is 0 Å². The Kier molecular flexibility index (Phi) is 5.30. The number of nitrogens with zero attached hydrogens (tertiary/aromatic N) is 2. The molecule has 1 N–H and O–H groups in total. The molecule has 144 valence electrons. The summed E-state index contributed by atoms with van der Waals surface area (Å²) in [7, 11) is 0. The molecule has 5 heteroatoms. The Morgan fingerprint density at radius 1 is 1.30 bits per heavy atom. The lowest BCUT2D eigenvalue weighted by molar-refractivity contribution is -0.125. The molecular formula is C22H29N3O2. The quantitative estimate of drug-likeness (QED) is 0.793. The Balaban J connectivity index is 1.33. The monoisotopic (exact) mass is 367 g/mol. The Bertz CT molecular complexity index is 767. The summed E-state index contributed by atoms with van der Waals surface area (Å²) < 4.78 is 5.21. The smallest absolute Gasteiger partial charge is 0.224 e. The average Bonchev–Trinajstić information content (AvgIpc) is 3.36. The molecule has 2 aromatic rings. The van der Waals surface area contributed by atoms with Gasteiger partial charge in [-0.25, -0.2) is 0 Å². The van der Waals surface area contributed by atoms with Crippen molar-refractivity contribution in [1.82, 2.24) is 15.4 Å². The van der Waals surface area contributed by atoms with Crippen LogP contribution in [0.15, 0.2) is 34.9 Å². The fraction of sp³-hybridized carbons (Fsp3) is 0.545. The Morgan fingerprint density at radius 3 is 2.85 bits per heavy atom. The standard InChI is InChI=1S/C22H29N3O2/c1-15-18(16(2)27-24-15)10-6-12-23-22(26)19-14-21(17-8-4-3-5-9-17)25-13-7-11-20(19)25/h3-5,8-9,19-21H,6-7,10-14H2,1-2H3,(H,23,26)/t19-,20+,21-/m1/s1. The molecule has 0 bridgehead atoms. The van der Waals surface area contributed by atoms with Crippen LogP contribution in [0.25, 0.3) is 0 Å². The first-order valence-electron chi connectivity index (χ1n) is 10.2. The van der Waals surface area contributed by atoms with E-state index in [-0.39, 0.29) is 11.8 Å². The highest BCUT2D eigenvalue weighted by molar-refractivity contribution is 5.80. The van der Waals surface area contributed by atoms with Crippen LogP contribution in [0.2, 0.25) is 0 Å². The second-order valence-electron chi connectivity index (χ2n) is 7.91. The SMILES string of the molecule is Cc1noc(C)c1CCCNC(=O)[C@@H]1C[C@H](c2ccccc2)N2CCC[C@@H]12. The highest BCUT2D eigenvalue weighted by Crippen LogP contribution is 2.44. The third-order valence-electron chi connectivity index (χ3n) is 6.29. The number of aryl methyl sites for hydroxylation is 2. The van der Waals surface area contributed by atoms with Crippen molar-refractivity contribution in [2.24, 2.45) is 5.92 Å². The molecule has 1 aromatic carbocycles. The first kappa shape index (κ1) is 18.2. The molecule has 0 radical (unpaired) electrons. The predicted molar refractivity (Wildman–Crippen MR) is 104 cm³/mol. The Hall–Kier alpha value is -2.14. The van der Waals surface area contributed by atoms with Crippen molar-refractivity contribution in [3.05, 3.63) is 52.9 Å². The predicted octanol–water partition coefficient (Wildman–Crippen LogP) is 3.57. The van der Waals surface area contributed by atoms with Crippen LogP contribution < -0.4 is 5.32 Å². The zero-order valence-corrected chi connectivity index (χ0v) is 16.3. The highest BCUT2D eigenvalue weighted by atomic mass is 16.5. The maximum atomic E-state index is 12.9. The molecule has 0 saturated carbocycles. The number of carbonyl (C=O) groups is 1. The van der Waals surface area contributed by atoms with E-state index < -0.39 is 0 Å². The van der Waals surface area contributed by atoms with Crippen molar-refractivity contribution < 1.29 is 9.32 Å². The van der Waals surface area contributed by atoms with Crippen LogP contribution in [-0.4, -0.2) is 35.1 Å². The van der Waals surface area contributed by atoms with Gasteiger partial charge >= 0.3 is 0 Å². The molecule has 1 amide bonds. The van der Waals surface area contributed by atoms with Crippen molar-refractivity contribution in [2.45, 2.75) is 58.0 Å². The van der Waals surface area contributed by atoms with Gasteiger partial charge in [0.15, 0.2) is 0 Å². The van der Waals surface area contributed by atoms with E-state index in [4.69, 9.17) is 4.52 Å². The van der Waals surface area contributed by atoms with Crippen molar-refractivity contribution in [3.63, 3.8) is 0 Å². The van der Waals surface area contributed by atoms with E-state index in [0.29, 0.717) is 18.6 Å². The molecule has 5 nitrogen and oxygen atoms in total. The molecule has 0 spiro atoms. The maximum Gasteiger partial charge on any atom is 0.224 e. The number of amides is 1. The lowest BCUT2D eigenvalue weighted by atomic mass is 9.93. The number of hydrogen-bond acceptors (Lipinski definition) is 4. The molecule has 27 heavy (non-hydrogen) atoms. The highest BCUT2D eigenvalue weighted by Gasteiger charge is 2.46. The molecule has 4 rings (SSSR count). The molecular weight excluding hydrogens is 338 g/mol. The number of carbonyl (C=O) groups excluding carboxylic acids is 1. The molecule has 1 aromatic heterocycles. The number of rotatable bonds is 6. The van der Waals surface area contributed by atoms with Crippen molar-refractivity contribution in [3.8, 4) is 0 Å². The third kappa shape index (κ3) is 3.65. The topological polar surface area (TPSA) is 58.4 Å².